The zero-order valence-corrected chi connectivity index (χ0v) is 30.6. The molecule has 11 rings (SSSR count). The first-order valence-corrected chi connectivity index (χ1v) is 19.2. The lowest BCUT2D eigenvalue weighted by atomic mass is 9.87. The molecule has 0 fully saturated rings. The van der Waals surface area contributed by atoms with Crippen molar-refractivity contribution in [3.63, 3.8) is 0 Å². The third-order valence-corrected chi connectivity index (χ3v) is 11.2. The van der Waals surface area contributed by atoms with Gasteiger partial charge in [-0.1, -0.05) is 176 Å². The Morgan fingerprint density at radius 2 is 0.839 bits per heavy atom. The molecular formula is C54H35NO. The summed E-state index contributed by atoms with van der Waals surface area (Å²) in [5.74, 6) is 0. The summed E-state index contributed by atoms with van der Waals surface area (Å²) in [6.07, 6.45) is 0. The van der Waals surface area contributed by atoms with Crippen LogP contribution in [0.25, 0.3) is 87.6 Å². The Labute approximate surface area is 325 Å². The second kappa shape index (κ2) is 13.2. The molecule has 0 amide bonds. The molecule has 0 aliphatic carbocycles. The average Bonchev–Trinajstić information content (AvgIpc) is 3.65. The van der Waals surface area contributed by atoms with Gasteiger partial charge < -0.3 is 9.32 Å². The van der Waals surface area contributed by atoms with E-state index in [1.807, 2.05) is 6.07 Å². The highest BCUT2D eigenvalue weighted by molar-refractivity contribution is 6.24. The monoisotopic (exact) mass is 713 g/mol. The van der Waals surface area contributed by atoms with Crippen molar-refractivity contribution in [2.24, 2.45) is 0 Å². The number of hydrogen-bond acceptors (Lipinski definition) is 2. The first-order chi connectivity index (χ1) is 27.8. The van der Waals surface area contributed by atoms with Gasteiger partial charge in [0, 0.05) is 33.1 Å². The fraction of sp³-hybridized carbons (Fsp3) is 0. The minimum Gasteiger partial charge on any atom is -0.456 e. The summed E-state index contributed by atoms with van der Waals surface area (Å²) in [6.45, 7) is 0. The lowest BCUT2D eigenvalue weighted by Crippen LogP contribution is -2.13. The average molecular weight is 714 g/mol. The van der Waals surface area contributed by atoms with E-state index in [2.05, 4.69) is 211 Å². The number of hydrogen-bond donors (Lipinski definition) is 0. The normalized spacial score (nSPS) is 11.6. The molecule has 2 nitrogen and oxygen atoms in total. The summed E-state index contributed by atoms with van der Waals surface area (Å²) < 4.78 is 6.39. The van der Waals surface area contributed by atoms with Crippen LogP contribution >= 0.6 is 0 Å². The lowest BCUT2D eigenvalue weighted by molar-refractivity contribution is 0.669. The Morgan fingerprint density at radius 3 is 1.61 bits per heavy atom. The van der Waals surface area contributed by atoms with Crippen LogP contribution in [-0.4, -0.2) is 0 Å². The highest BCUT2D eigenvalue weighted by Crippen LogP contribution is 2.52. The molecule has 0 aliphatic rings. The van der Waals surface area contributed by atoms with Crippen LogP contribution in [0.4, 0.5) is 17.1 Å². The maximum absolute atomic E-state index is 6.39. The van der Waals surface area contributed by atoms with Gasteiger partial charge in [-0.05, 0) is 91.1 Å². The quantitative estimate of drug-likeness (QED) is 0.160. The van der Waals surface area contributed by atoms with Crippen LogP contribution in [0.2, 0.25) is 0 Å². The van der Waals surface area contributed by atoms with Crippen molar-refractivity contribution in [1.29, 1.82) is 0 Å². The third kappa shape index (κ3) is 5.19. The Bertz CT molecular complexity index is 3250. The topological polar surface area (TPSA) is 16.4 Å². The van der Waals surface area contributed by atoms with Gasteiger partial charge in [-0.3, -0.25) is 0 Å². The summed E-state index contributed by atoms with van der Waals surface area (Å²) in [6, 6.07) is 76.7. The van der Waals surface area contributed by atoms with Crippen molar-refractivity contribution in [2.45, 2.75) is 0 Å². The van der Waals surface area contributed by atoms with Crippen molar-refractivity contribution < 1.29 is 4.42 Å². The van der Waals surface area contributed by atoms with Crippen LogP contribution in [0, 0.1) is 0 Å². The van der Waals surface area contributed by atoms with Gasteiger partial charge in [0.1, 0.15) is 11.2 Å². The molecule has 0 bridgehead atoms. The van der Waals surface area contributed by atoms with Gasteiger partial charge in [-0.15, -0.1) is 0 Å². The highest BCUT2D eigenvalue weighted by atomic mass is 16.3. The molecule has 11 aromatic rings. The summed E-state index contributed by atoms with van der Waals surface area (Å²) in [7, 11) is 0. The van der Waals surface area contributed by atoms with Crippen LogP contribution in [0.5, 0.6) is 0 Å². The Kier molecular flexibility index (Phi) is 7.53. The van der Waals surface area contributed by atoms with E-state index in [1.165, 1.54) is 65.7 Å². The molecule has 0 atom stereocenters. The van der Waals surface area contributed by atoms with Crippen molar-refractivity contribution in [3.05, 3.63) is 212 Å². The number of benzene rings is 10. The molecular weight excluding hydrogens is 679 g/mol. The van der Waals surface area contributed by atoms with Gasteiger partial charge in [0.25, 0.3) is 0 Å². The van der Waals surface area contributed by atoms with Gasteiger partial charge >= 0.3 is 0 Å². The van der Waals surface area contributed by atoms with E-state index < -0.39 is 0 Å². The molecule has 0 saturated carbocycles. The summed E-state index contributed by atoms with van der Waals surface area (Å²) >= 11 is 0. The molecule has 0 radical (unpaired) electrons. The predicted molar refractivity (Wildman–Crippen MR) is 237 cm³/mol. The first-order valence-electron chi connectivity index (χ1n) is 19.2. The van der Waals surface area contributed by atoms with E-state index in [-0.39, 0.29) is 0 Å². The molecule has 0 unspecified atom stereocenters. The molecule has 262 valence electrons. The standard InChI is InChI=1S/C54H35NO/c1-3-16-36(17-4-1)42-32-30-39(34-49(42)38-18-5-2-6-19-38)55(40-31-33-52-50(35-40)45-25-13-14-29-51(45)56-52)54-48-27-12-10-24-44(48)43-23-9-11-26-47(43)53(54)46-28-15-21-37-20-7-8-22-41(37)46/h1-35H. The number of para-hydroxylation sites is 1. The summed E-state index contributed by atoms with van der Waals surface area (Å²) in [5.41, 5.74) is 12.1. The molecule has 1 heterocycles. The SMILES string of the molecule is c1ccc(-c2ccc(N(c3ccc4oc5ccccc5c4c3)c3c(-c4cccc5ccccc45)c4ccccc4c4ccccc34)cc2-c2ccccc2)cc1. The fourth-order valence-electron chi connectivity index (χ4n) is 8.73. The molecule has 0 saturated heterocycles. The smallest absolute Gasteiger partial charge is 0.135 e. The molecule has 0 N–H and O–H groups in total. The molecule has 10 aromatic carbocycles. The van der Waals surface area contributed by atoms with E-state index in [0.29, 0.717) is 0 Å². The van der Waals surface area contributed by atoms with Gasteiger partial charge in [0.05, 0.1) is 5.69 Å². The van der Waals surface area contributed by atoms with Gasteiger partial charge in [-0.2, -0.15) is 0 Å². The summed E-state index contributed by atoms with van der Waals surface area (Å²) in [4.78, 5) is 2.49. The van der Waals surface area contributed by atoms with Gasteiger partial charge in [0.2, 0.25) is 0 Å². The van der Waals surface area contributed by atoms with E-state index in [0.717, 1.165) is 39.0 Å². The van der Waals surface area contributed by atoms with Gasteiger partial charge in [0.15, 0.2) is 0 Å². The van der Waals surface area contributed by atoms with Crippen molar-refractivity contribution in [2.75, 3.05) is 4.90 Å². The van der Waals surface area contributed by atoms with E-state index in [4.69, 9.17) is 4.42 Å². The Hall–Kier alpha value is -7.42. The van der Waals surface area contributed by atoms with Crippen LogP contribution in [0.3, 0.4) is 0 Å². The highest BCUT2D eigenvalue weighted by Gasteiger charge is 2.26. The maximum atomic E-state index is 6.39. The van der Waals surface area contributed by atoms with Crippen LogP contribution in [0.15, 0.2) is 217 Å². The summed E-state index contributed by atoms with van der Waals surface area (Å²) in [5, 5.41) is 9.46. The predicted octanol–water partition coefficient (Wildman–Crippen LogP) is 15.5. The van der Waals surface area contributed by atoms with Crippen LogP contribution in [-0.2, 0) is 0 Å². The zero-order valence-electron chi connectivity index (χ0n) is 30.6. The third-order valence-electron chi connectivity index (χ3n) is 11.2. The lowest BCUT2D eigenvalue weighted by Gasteiger charge is -2.31. The van der Waals surface area contributed by atoms with Crippen molar-refractivity contribution in [1.82, 2.24) is 0 Å². The Morgan fingerprint density at radius 1 is 0.304 bits per heavy atom. The largest absolute Gasteiger partial charge is 0.456 e. The van der Waals surface area contributed by atoms with Crippen LogP contribution < -0.4 is 4.90 Å². The van der Waals surface area contributed by atoms with E-state index in [1.54, 1.807) is 0 Å². The molecule has 1 aromatic heterocycles. The minimum absolute atomic E-state index is 0.872. The first kappa shape index (κ1) is 32.0. The number of furan rings is 1. The maximum Gasteiger partial charge on any atom is 0.135 e. The number of nitrogens with zero attached hydrogens (tertiary/aromatic N) is 1. The zero-order chi connectivity index (χ0) is 37.0. The van der Waals surface area contributed by atoms with E-state index in [9.17, 15) is 0 Å². The van der Waals surface area contributed by atoms with E-state index >= 15 is 0 Å². The molecule has 0 aliphatic heterocycles. The van der Waals surface area contributed by atoms with Crippen molar-refractivity contribution in [3.8, 4) is 33.4 Å². The minimum atomic E-state index is 0.872. The number of rotatable bonds is 6. The number of fused-ring (bicyclic) bond motifs is 7. The molecule has 56 heavy (non-hydrogen) atoms. The second-order valence-electron chi connectivity index (χ2n) is 14.4. The molecule has 0 spiro atoms. The van der Waals surface area contributed by atoms with Crippen molar-refractivity contribution >= 4 is 71.3 Å². The second-order valence-corrected chi connectivity index (χ2v) is 14.4. The Balaban J connectivity index is 1.30. The fourth-order valence-corrected chi connectivity index (χ4v) is 8.73. The van der Waals surface area contributed by atoms with Gasteiger partial charge in [-0.25, -0.2) is 0 Å². The molecule has 2 heteroatoms. The number of anilines is 3. The van der Waals surface area contributed by atoms with Crippen LogP contribution in [0.1, 0.15) is 0 Å².